The highest BCUT2D eigenvalue weighted by atomic mass is 14.1. The molecule has 0 spiro atoms. The van der Waals surface area contributed by atoms with Crippen molar-refractivity contribution in [2.24, 2.45) is 0 Å². The van der Waals surface area contributed by atoms with Crippen LogP contribution >= 0.6 is 0 Å². The molecule has 164 valence electrons. The van der Waals surface area contributed by atoms with Crippen LogP contribution in [0.2, 0.25) is 0 Å². The molecule has 0 amide bonds. The molecular formula is C29H48. The molecule has 0 heteroatoms. The van der Waals surface area contributed by atoms with Crippen molar-refractivity contribution >= 4 is 0 Å². The van der Waals surface area contributed by atoms with Gasteiger partial charge in [0.05, 0.1) is 0 Å². The predicted octanol–water partition coefficient (Wildman–Crippen LogP) is 10.3. The van der Waals surface area contributed by atoms with Crippen molar-refractivity contribution in [1.82, 2.24) is 0 Å². The molecule has 0 heterocycles. The summed E-state index contributed by atoms with van der Waals surface area (Å²) in [6.07, 6.45) is 16.9. The van der Waals surface area contributed by atoms with E-state index >= 15 is 0 Å². The van der Waals surface area contributed by atoms with Gasteiger partial charge in [0.25, 0.3) is 0 Å². The third-order valence-electron chi connectivity index (χ3n) is 3.50. The first-order valence-corrected chi connectivity index (χ1v) is 10.3. The minimum atomic E-state index is 1.02. The molecule has 0 saturated carbocycles. The van der Waals surface area contributed by atoms with E-state index in [0.29, 0.717) is 0 Å². The molecule has 0 nitrogen and oxygen atoms in total. The first-order chi connectivity index (χ1) is 13.6. The molecule has 0 aromatic heterocycles. The molecule has 0 radical (unpaired) electrons. The van der Waals surface area contributed by atoms with Gasteiger partial charge in [0.15, 0.2) is 0 Å². The molecular weight excluding hydrogens is 348 g/mol. The molecule has 0 unspecified atom stereocenters. The van der Waals surface area contributed by atoms with E-state index in [2.05, 4.69) is 66.8 Å². The summed E-state index contributed by atoms with van der Waals surface area (Å²) < 4.78 is 0. The van der Waals surface area contributed by atoms with Gasteiger partial charge in [0, 0.05) is 0 Å². The van der Waals surface area contributed by atoms with Gasteiger partial charge in [-0.15, -0.1) is 6.58 Å². The van der Waals surface area contributed by atoms with E-state index < -0.39 is 0 Å². The second-order valence-corrected chi connectivity index (χ2v) is 6.90. The van der Waals surface area contributed by atoms with Crippen molar-refractivity contribution < 1.29 is 0 Å². The van der Waals surface area contributed by atoms with Crippen LogP contribution in [0.15, 0.2) is 110 Å². The number of hydrogen-bond donors (Lipinski definition) is 0. The molecule has 0 aromatic rings. The predicted molar refractivity (Wildman–Crippen MR) is 142 cm³/mol. The summed E-state index contributed by atoms with van der Waals surface area (Å²) in [6.45, 7) is 37.2. The van der Waals surface area contributed by atoms with E-state index in [9.17, 15) is 0 Å². The molecule has 0 N–H and O–H groups in total. The average molecular weight is 397 g/mol. The lowest BCUT2D eigenvalue weighted by atomic mass is 9.89. The van der Waals surface area contributed by atoms with Crippen molar-refractivity contribution in [2.45, 2.75) is 73.6 Å². The Kier molecular flexibility index (Phi) is 32.9. The van der Waals surface area contributed by atoms with Gasteiger partial charge in [-0.25, -0.2) is 0 Å². The first-order valence-electron chi connectivity index (χ1n) is 10.3. The van der Waals surface area contributed by atoms with Gasteiger partial charge < -0.3 is 0 Å². The topological polar surface area (TPSA) is 0 Å². The summed E-state index contributed by atoms with van der Waals surface area (Å²) in [5.74, 6) is 0. The second kappa shape index (κ2) is 27.9. The molecule has 0 aromatic carbocycles. The van der Waals surface area contributed by atoms with Crippen LogP contribution in [0.3, 0.4) is 0 Å². The van der Waals surface area contributed by atoms with E-state index in [0.717, 1.165) is 12.0 Å². The monoisotopic (exact) mass is 396 g/mol. The van der Waals surface area contributed by atoms with E-state index in [-0.39, 0.29) is 0 Å². The maximum atomic E-state index is 3.97. The summed E-state index contributed by atoms with van der Waals surface area (Å²) >= 11 is 0. The van der Waals surface area contributed by atoms with Crippen LogP contribution in [-0.2, 0) is 0 Å². The third-order valence-corrected chi connectivity index (χ3v) is 3.50. The minimum absolute atomic E-state index is 1.02. The Morgan fingerprint density at radius 1 is 0.862 bits per heavy atom. The molecule has 29 heavy (non-hydrogen) atoms. The van der Waals surface area contributed by atoms with Gasteiger partial charge in [0.1, 0.15) is 0 Å². The molecule has 0 saturated heterocycles. The number of rotatable bonds is 5. The van der Waals surface area contributed by atoms with Crippen LogP contribution in [0.25, 0.3) is 0 Å². The summed E-state index contributed by atoms with van der Waals surface area (Å²) in [4.78, 5) is 0. The van der Waals surface area contributed by atoms with Gasteiger partial charge in [-0.1, -0.05) is 105 Å². The molecule has 0 bridgehead atoms. The fourth-order valence-corrected chi connectivity index (χ4v) is 1.91. The van der Waals surface area contributed by atoms with E-state index in [1.165, 1.54) is 42.4 Å². The van der Waals surface area contributed by atoms with Crippen LogP contribution in [-0.4, -0.2) is 0 Å². The van der Waals surface area contributed by atoms with Gasteiger partial charge in [-0.2, -0.15) is 0 Å². The zero-order chi connectivity index (χ0) is 23.7. The fraction of sp³-hybridized carbons (Fsp3) is 0.379. The highest BCUT2D eigenvalue weighted by Crippen LogP contribution is 2.28. The highest BCUT2D eigenvalue weighted by Gasteiger charge is 2.08. The van der Waals surface area contributed by atoms with E-state index in [1.807, 2.05) is 32.9 Å². The number of allylic oxidation sites excluding steroid dienone is 11. The molecule has 1 aliphatic rings. The maximum absolute atomic E-state index is 3.97. The van der Waals surface area contributed by atoms with Crippen molar-refractivity contribution in [3.8, 4) is 0 Å². The zero-order valence-electron chi connectivity index (χ0n) is 20.4. The summed E-state index contributed by atoms with van der Waals surface area (Å²) in [6, 6.07) is 0. The Morgan fingerprint density at radius 2 is 1.31 bits per heavy atom. The lowest BCUT2D eigenvalue weighted by molar-refractivity contribution is 0.677. The van der Waals surface area contributed by atoms with E-state index in [1.54, 1.807) is 29.9 Å². The molecule has 1 rings (SSSR count). The van der Waals surface area contributed by atoms with Gasteiger partial charge in [0.2, 0.25) is 0 Å². The summed E-state index contributed by atoms with van der Waals surface area (Å²) in [5, 5.41) is 0. The standard InChI is InChI=1S/C10H16.C6H10.C5H8.C4H8.C4H6/c1-8(2)10-7-5-4-6-9(10)3;1-4-6(3)5-2;1-3-5-4-2;1-4(2)3;1-3-4-2/h1,4-7H2,2-3H3;4H,1,3,5H2,2H3;3-5H,1H2,2H3;1H2,2-3H3;3-4H,1-2H2. The largest absolute Gasteiger partial charge is 0.100 e. The van der Waals surface area contributed by atoms with Crippen LogP contribution in [0, 0.1) is 0 Å². The van der Waals surface area contributed by atoms with Crippen LogP contribution < -0.4 is 0 Å². The van der Waals surface area contributed by atoms with Crippen LogP contribution in [0.4, 0.5) is 0 Å². The quantitative estimate of drug-likeness (QED) is 0.320. The maximum Gasteiger partial charge on any atom is -0.0277 e. The second-order valence-electron chi connectivity index (χ2n) is 6.90. The van der Waals surface area contributed by atoms with Crippen LogP contribution in [0.5, 0.6) is 0 Å². The highest BCUT2D eigenvalue weighted by molar-refractivity contribution is 5.32. The Labute approximate surface area is 184 Å². The van der Waals surface area contributed by atoms with Crippen LogP contribution in [0.1, 0.15) is 73.6 Å². The minimum Gasteiger partial charge on any atom is -0.100 e. The van der Waals surface area contributed by atoms with Crippen molar-refractivity contribution in [2.75, 3.05) is 0 Å². The Hall–Kier alpha value is -2.34. The molecule has 0 aliphatic heterocycles. The van der Waals surface area contributed by atoms with Crippen molar-refractivity contribution in [1.29, 1.82) is 0 Å². The molecule has 0 fully saturated rings. The first kappa shape index (κ1) is 34.2. The van der Waals surface area contributed by atoms with E-state index in [4.69, 9.17) is 0 Å². The van der Waals surface area contributed by atoms with Crippen molar-refractivity contribution in [3.05, 3.63) is 110 Å². The third kappa shape index (κ3) is 37.2. The number of hydrogen-bond acceptors (Lipinski definition) is 0. The van der Waals surface area contributed by atoms with Gasteiger partial charge in [-0.3, -0.25) is 0 Å². The molecule has 0 atom stereocenters. The summed E-state index contributed by atoms with van der Waals surface area (Å²) in [5.41, 5.74) is 6.65. The Bertz CT molecular complexity index is 537. The Balaban J connectivity index is -0.000000144. The Morgan fingerprint density at radius 3 is 1.45 bits per heavy atom. The summed E-state index contributed by atoms with van der Waals surface area (Å²) in [7, 11) is 0. The smallest absolute Gasteiger partial charge is 0.0277 e. The lowest BCUT2D eigenvalue weighted by Crippen LogP contribution is -1.97. The van der Waals surface area contributed by atoms with Gasteiger partial charge >= 0.3 is 0 Å². The van der Waals surface area contributed by atoms with Gasteiger partial charge in [-0.05, 0) is 72.3 Å². The van der Waals surface area contributed by atoms with Crippen molar-refractivity contribution in [3.63, 3.8) is 0 Å². The normalized spacial score (nSPS) is 11.4. The zero-order valence-corrected chi connectivity index (χ0v) is 20.4. The molecule has 1 aliphatic carbocycles. The lowest BCUT2D eigenvalue weighted by Gasteiger charge is -2.17. The average Bonchev–Trinajstić information content (AvgIpc) is 2.69. The fourth-order valence-electron chi connectivity index (χ4n) is 1.91. The SMILES string of the molecule is C=C(C)C.C=C(C)C1=C(C)CCCC1.C=CC(=C)CC.C=CC=C.C=CC=CC.